The van der Waals surface area contributed by atoms with Crippen molar-refractivity contribution in [1.82, 2.24) is 14.6 Å². The van der Waals surface area contributed by atoms with Gasteiger partial charge in [0.05, 0.1) is 11.2 Å². The molecule has 1 fully saturated rings. The van der Waals surface area contributed by atoms with Gasteiger partial charge in [0.15, 0.2) is 0 Å². The summed E-state index contributed by atoms with van der Waals surface area (Å²) < 4.78 is 1.69. The molecule has 0 amide bonds. The van der Waals surface area contributed by atoms with Gasteiger partial charge in [-0.1, -0.05) is 0 Å². The van der Waals surface area contributed by atoms with Crippen molar-refractivity contribution in [3.8, 4) is 0 Å². The Morgan fingerprint density at radius 3 is 2.75 bits per heavy atom. The molecule has 3 N–H and O–H groups in total. The summed E-state index contributed by atoms with van der Waals surface area (Å²) in [4.78, 5) is 18.0. The van der Waals surface area contributed by atoms with Crippen LogP contribution in [-0.4, -0.2) is 40.5 Å². The summed E-state index contributed by atoms with van der Waals surface area (Å²) in [5, 5.41) is 1.10. The molecule has 24 heavy (non-hydrogen) atoms. The van der Waals surface area contributed by atoms with Crippen LogP contribution in [0.5, 0.6) is 0 Å². The predicted octanol–water partition coefficient (Wildman–Crippen LogP) is 2.72. The molecule has 0 saturated carbocycles. The Morgan fingerprint density at radius 1 is 1.25 bits per heavy atom. The predicted molar refractivity (Wildman–Crippen MR) is 95.8 cm³/mol. The second-order valence-corrected chi connectivity index (χ2v) is 6.71. The molecular weight excluding hydrogens is 300 g/mol. The van der Waals surface area contributed by atoms with Crippen LogP contribution < -0.4 is 5.84 Å². The number of carbonyl (C=O) groups is 1. The molecule has 4 rings (SSSR count). The zero-order valence-corrected chi connectivity index (χ0v) is 13.8. The third kappa shape index (κ3) is 2.51. The average Bonchev–Trinajstić information content (AvgIpc) is 3.23. The lowest BCUT2D eigenvalue weighted by atomic mass is 9.89. The topological polar surface area (TPSA) is 67.0 Å². The first-order valence-corrected chi connectivity index (χ1v) is 8.40. The van der Waals surface area contributed by atoms with Gasteiger partial charge in [-0.25, -0.2) is 0 Å². The molecule has 3 heterocycles. The van der Waals surface area contributed by atoms with Gasteiger partial charge in [0.2, 0.25) is 5.78 Å². The van der Waals surface area contributed by atoms with Crippen LogP contribution in [0.1, 0.15) is 40.4 Å². The summed E-state index contributed by atoms with van der Waals surface area (Å²) in [6.07, 6.45) is 6.06. The van der Waals surface area contributed by atoms with Crippen LogP contribution in [0.25, 0.3) is 10.9 Å². The van der Waals surface area contributed by atoms with E-state index in [9.17, 15) is 4.79 Å². The van der Waals surface area contributed by atoms with E-state index in [1.54, 1.807) is 16.9 Å². The summed E-state index contributed by atoms with van der Waals surface area (Å²) >= 11 is 0. The van der Waals surface area contributed by atoms with E-state index in [1.165, 1.54) is 5.56 Å². The lowest BCUT2D eigenvalue weighted by Crippen LogP contribution is -2.29. The third-order valence-corrected chi connectivity index (χ3v) is 5.13. The van der Waals surface area contributed by atoms with Gasteiger partial charge in [0.25, 0.3) is 0 Å². The molecule has 124 valence electrons. The molecule has 5 heteroatoms. The number of hydrogen-bond donors (Lipinski definition) is 2. The van der Waals surface area contributed by atoms with Crippen LogP contribution in [0.3, 0.4) is 0 Å². The van der Waals surface area contributed by atoms with Crippen molar-refractivity contribution in [2.75, 3.05) is 26.0 Å². The number of H-pyrrole nitrogens is 1. The molecule has 0 aliphatic carbocycles. The highest BCUT2D eigenvalue weighted by Crippen LogP contribution is 2.34. The molecule has 0 unspecified atom stereocenters. The van der Waals surface area contributed by atoms with Crippen molar-refractivity contribution < 1.29 is 4.79 Å². The molecule has 1 aliphatic rings. The first kappa shape index (κ1) is 15.0. The van der Waals surface area contributed by atoms with Crippen molar-refractivity contribution in [2.24, 2.45) is 0 Å². The smallest absolute Gasteiger partial charge is 0.209 e. The normalized spacial score (nSPS) is 16.7. The van der Waals surface area contributed by atoms with E-state index >= 15 is 0 Å². The highest BCUT2D eigenvalue weighted by Gasteiger charge is 2.23. The highest BCUT2D eigenvalue weighted by atomic mass is 16.1. The number of nitrogens with zero attached hydrogens (tertiary/aromatic N) is 2. The number of benzene rings is 1. The van der Waals surface area contributed by atoms with Crippen LogP contribution in [0, 0.1) is 0 Å². The monoisotopic (exact) mass is 322 g/mol. The molecule has 0 spiro atoms. The standard InChI is InChI=1S/C19H22N4O/c1-22-9-6-13(7-10-22)16-12-23(20)18-5-4-14(11-15(16)18)19(24)17-3-2-8-21-17/h2-5,8,11-13,21H,6-7,9-10,20H2,1H3. The molecular formula is C19H22N4O. The van der Waals surface area contributed by atoms with Gasteiger partial charge in [-0.3, -0.25) is 9.47 Å². The number of nitrogen functional groups attached to an aromatic ring is 1. The van der Waals surface area contributed by atoms with E-state index in [4.69, 9.17) is 5.84 Å². The summed E-state index contributed by atoms with van der Waals surface area (Å²) in [5.74, 6) is 6.67. The fraction of sp³-hybridized carbons (Fsp3) is 0.316. The van der Waals surface area contributed by atoms with Crippen LogP contribution >= 0.6 is 0 Å². The fourth-order valence-electron chi connectivity index (χ4n) is 3.69. The van der Waals surface area contributed by atoms with Crippen molar-refractivity contribution in [3.05, 3.63) is 59.5 Å². The number of nitrogens with two attached hydrogens (primary N) is 1. The van der Waals surface area contributed by atoms with Gasteiger partial charge in [-0.15, -0.1) is 0 Å². The number of fused-ring (bicyclic) bond motifs is 1. The first-order chi connectivity index (χ1) is 11.6. The second-order valence-electron chi connectivity index (χ2n) is 6.71. The number of hydrogen-bond acceptors (Lipinski definition) is 3. The van der Waals surface area contributed by atoms with E-state index in [0.717, 1.165) is 36.8 Å². The molecule has 3 aromatic rings. The lowest BCUT2D eigenvalue weighted by molar-refractivity contribution is 0.103. The van der Waals surface area contributed by atoms with E-state index in [1.807, 2.05) is 30.5 Å². The maximum Gasteiger partial charge on any atom is 0.209 e. The lowest BCUT2D eigenvalue weighted by Gasteiger charge is -2.28. The molecule has 5 nitrogen and oxygen atoms in total. The van der Waals surface area contributed by atoms with Crippen LogP contribution in [-0.2, 0) is 0 Å². The van der Waals surface area contributed by atoms with E-state index < -0.39 is 0 Å². The Bertz CT molecular complexity index is 870. The molecule has 1 saturated heterocycles. The number of aromatic amines is 1. The van der Waals surface area contributed by atoms with Crippen molar-refractivity contribution in [2.45, 2.75) is 18.8 Å². The van der Waals surface area contributed by atoms with Gasteiger partial charge in [-0.05, 0) is 74.8 Å². The Balaban J connectivity index is 1.75. The molecule has 0 atom stereocenters. The number of piperidine rings is 1. The van der Waals surface area contributed by atoms with E-state index in [2.05, 4.69) is 16.9 Å². The number of ketones is 1. The number of likely N-dealkylation sites (tertiary alicyclic amines) is 1. The highest BCUT2D eigenvalue weighted by molar-refractivity contribution is 6.09. The number of carbonyl (C=O) groups excluding carboxylic acids is 1. The summed E-state index contributed by atoms with van der Waals surface area (Å²) in [5.41, 5.74) is 3.56. The van der Waals surface area contributed by atoms with Crippen LogP contribution in [0.2, 0.25) is 0 Å². The molecule has 1 aliphatic heterocycles. The Labute approximate surface area is 141 Å². The fourth-order valence-corrected chi connectivity index (χ4v) is 3.69. The van der Waals surface area contributed by atoms with Gasteiger partial charge >= 0.3 is 0 Å². The summed E-state index contributed by atoms with van der Waals surface area (Å²) in [7, 11) is 2.16. The molecule has 2 aromatic heterocycles. The van der Waals surface area contributed by atoms with Crippen molar-refractivity contribution in [3.63, 3.8) is 0 Å². The SMILES string of the molecule is CN1CCC(c2cn(N)c3ccc(C(=O)c4ccc[nH]4)cc23)CC1. The van der Waals surface area contributed by atoms with Gasteiger partial charge in [0, 0.05) is 23.3 Å². The largest absolute Gasteiger partial charge is 0.359 e. The zero-order chi connectivity index (χ0) is 16.7. The molecule has 0 bridgehead atoms. The van der Waals surface area contributed by atoms with E-state index in [0.29, 0.717) is 17.2 Å². The van der Waals surface area contributed by atoms with Crippen LogP contribution in [0.15, 0.2) is 42.7 Å². The van der Waals surface area contributed by atoms with Gasteiger partial charge in [-0.2, -0.15) is 0 Å². The van der Waals surface area contributed by atoms with Crippen molar-refractivity contribution in [1.29, 1.82) is 0 Å². The Hall–Kier alpha value is -2.53. The zero-order valence-electron chi connectivity index (χ0n) is 13.8. The molecule has 0 radical (unpaired) electrons. The first-order valence-electron chi connectivity index (χ1n) is 8.40. The molecule has 1 aromatic carbocycles. The maximum atomic E-state index is 12.6. The van der Waals surface area contributed by atoms with Gasteiger partial charge < -0.3 is 15.7 Å². The number of nitrogens with one attached hydrogen (secondary N) is 1. The minimum Gasteiger partial charge on any atom is -0.359 e. The average molecular weight is 322 g/mol. The third-order valence-electron chi connectivity index (χ3n) is 5.13. The van der Waals surface area contributed by atoms with Gasteiger partial charge in [0.1, 0.15) is 0 Å². The summed E-state index contributed by atoms with van der Waals surface area (Å²) in [6.45, 7) is 2.20. The maximum absolute atomic E-state index is 12.6. The van der Waals surface area contributed by atoms with Crippen LogP contribution in [0.4, 0.5) is 0 Å². The number of rotatable bonds is 3. The minimum atomic E-state index is 0.0148. The Kier molecular flexibility index (Phi) is 3.65. The summed E-state index contributed by atoms with van der Waals surface area (Å²) in [6, 6.07) is 9.44. The minimum absolute atomic E-state index is 0.0148. The second kappa shape index (κ2) is 5.83. The number of aromatic nitrogens is 2. The Morgan fingerprint density at radius 2 is 2.04 bits per heavy atom. The van der Waals surface area contributed by atoms with Crippen molar-refractivity contribution >= 4 is 16.7 Å². The van der Waals surface area contributed by atoms with E-state index in [-0.39, 0.29) is 5.78 Å². The quantitative estimate of drug-likeness (QED) is 0.575.